The Morgan fingerprint density at radius 3 is 2.50 bits per heavy atom. The molecular weight excluding hydrogens is 368 g/mol. The summed E-state index contributed by atoms with van der Waals surface area (Å²) in [6, 6.07) is 0. The molecule has 28 heavy (non-hydrogen) atoms. The number of ether oxygens (including phenoxy) is 2. The predicted octanol–water partition coefficient (Wildman–Crippen LogP) is 5.87. The molecule has 1 aliphatic heterocycles. The van der Waals surface area contributed by atoms with Crippen molar-refractivity contribution in [3.05, 3.63) is 12.2 Å². The van der Waals surface area contributed by atoms with Crippen molar-refractivity contribution < 1.29 is 18.7 Å². The van der Waals surface area contributed by atoms with Crippen LogP contribution in [0.3, 0.4) is 0 Å². The number of hydrogen-bond donors (Lipinski definition) is 0. The molecule has 4 nitrogen and oxygen atoms in total. The molecule has 1 unspecified atom stereocenters. The molecular formula is C23H42O4Si. The van der Waals surface area contributed by atoms with Crippen molar-refractivity contribution in [3.63, 3.8) is 0 Å². The molecule has 1 aliphatic carbocycles. The second kappa shape index (κ2) is 10.0. The molecule has 0 amide bonds. The first kappa shape index (κ1) is 23.8. The van der Waals surface area contributed by atoms with Gasteiger partial charge in [-0.05, 0) is 49.9 Å². The number of unbranched alkanes of at least 4 members (excludes halogenated alkanes) is 2. The van der Waals surface area contributed by atoms with Crippen LogP contribution in [0.1, 0.15) is 73.1 Å². The van der Waals surface area contributed by atoms with E-state index in [9.17, 15) is 4.79 Å². The van der Waals surface area contributed by atoms with Gasteiger partial charge in [0.25, 0.3) is 0 Å². The summed E-state index contributed by atoms with van der Waals surface area (Å²) in [6.07, 6.45) is 9.85. The average Bonchev–Trinajstić information content (AvgIpc) is 3.09. The normalized spacial score (nSPS) is 30.9. The first-order chi connectivity index (χ1) is 13.1. The maximum atomic E-state index is 12.3. The molecule has 162 valence electrons. The lowest BCUT2D eigenvalue weighted by atomic mass is 9.91. The fourth-order valence-electron chi connectivity index (χ4n) is 4.12. The topological polar surface area (TPSA) is 44.8 Å². The van der Waals surface area contributed by atoms with Crippen LogP contribution in [-0.2, 0) is 18.7 Å². The van der Waals surface area contributed by atoms with Crippen LogP contribution in [-0.4, -0.2) is 39.2 Å². The zero-order valence-corrected chi connectivity index (χ0v) is 20.1. The fraction of sp³-hybridized carbons (Fsp3) is 0.870. The molecule has 0 spiro atoms. The summed E-state index contributed by atoms with van der Waals surface area (Å²) in [6.45, 7) is 16.3. The number of allylic oxidation sites excluding steroid dienone is 1. The maximum Gasteiger partial charge on any atom is 0.192 e. The van der Waals surface area contributed by atoms with Crippen LogP contribution in [0.15, 0.2) is 12.2 Å². The fourth-order valence-corrected chi connectivity index (χ4v) is 5.48. The lowest BCUT2D eigenvalue weighted by Crippen LogP contribution is -2.45. The van der Waals surface area contributed by atoms with E-state index in [1.54, 1.807) is 0 Å². The van der Waals surface area contributed by atoms with Gasteiger partial charge in [0, 0.05) is 25.4 Å². The van der Waals surface area contributed by atoms with Crippen LogP contribution in [0.2, 0.25) is 18.1 Å². The molecule has 5 heteroatoms. The van der Waals surface area contributed by atoms with E-state index in [0.717, 1.165) is 32.1 Å². The highest BCUT2D eigenvalue weighted by atomic mass is 28.4. The Morgan fingerprint density at radius 2 is 1.89 bits per heavy atom. The Kier molecular flexibility index (Phi) is 8.50. The highest BCUT2D eigenvalue weighted by Gasteiger charge is 2.52. The minimum Gasteiger partial charge on any atom is -0.413 e. The van der Waals surface area contributed by atoms with Crippen molar-refractivity contribution in [2.75, 3.05) is 6.61 Å². The van der Waals surface area contributed by atoms with Gasteiger partial charge < -0.3 is 13.9 Å². The van der Waals surface area contributed by atoms with E-state index in [1.165, 1.54) is 0 Å². The summed E-state index contributed by atoms with van der Waals surface area (Å²) in [5, 5.41) is 0.170. The van der Waals surface area contributed by atoms with Gasteiger partial charge in [-0.3, -0.25) is 4.79 Å². The molecule has 5 atom stereocenters. The van der Waals surface area contributed by atoms with Crippen LogP contribution in [0, 0.1) is 11.8 Å². The predicted molar refractivity (Wildman–Crippen MR) is 117 cm³/mol. The SMILES string of the molecule is CCCCCC(=O)/C=C/[C@H]1[C@H]2CC(OCC)O[C@H]2C[C@H]1O[Si](C)(C)C(C)(C)C. The smallest absolute Gasteiger partial charge is 0.192 e. The van der Waals surface area contributed by atoms with Crippen LogP contribution >= 0.6 is 0 Å². The molecule has 1 heterocycles. The Balaban J connectivity index is 2.10. The van der Waals surface area contributed by atoms with E-state index in [4.69, 9.17) is 13.9 Å². The number of rotatable bonds is 10. The summed E-state index contributed by atoms with van der Waals surface area (Å²) >= 11 is 0. The van der Waals surface area contributed by atoms with Gasteiger partial charge >= 0.3 is 0 Å². The molecule has 2 aliphatic rings. The lowest BCUT2D eigenvalue weighted by Gasteiger charge is -2.40. The molecule has 0 N–H and O–H groups in total. The third-order valence-corrected chi connectivity index (χ3v) is 11.3. The number of ketones is 1. The summed E-state index contributed by atoms with van der Waals surface area (Å²) in [5.74, 6) is 0.856. The molecule has 1 saturated carbocycles. The van der Waals surface area contributed by atoms with E-state index < -0.39 is 8.32 Å². The quantitative estimate of drug-likeness (QED) is 0.257. The van der Waals surface area contributed by atoms with Crippen molar-refractivity contribution in [2.24, 2.45) is 11.8 Å². The van der Waals surface area contributed by atoms with Gasteiger partial charge in [0.05, 0.1) is 12.2 Å². The van der Waals surface area contributed by atoms with Crippen molar-refractivity contribution >= 4 is 14.1 Å². The molecule has 0 radical (unpaired) electrons. The van der Waals surface area contributed by atoms with Gasteiger partial charge in [-0.1, -0.05) is 46.6 Å². The van der Waals surface area contributed by atoms with Gasteiger partial charge in [-0.15, -0.1) is 0 Å². The van der Waals surface area contributed by atoms with Gasteiger partial charge in [-0.25, -0.2) is 0 Å². The van der Waals surface area contributed by atoms with Crippen molar-refractivity contribution in [1.82, 2.24) is 0 Å². The first-order valence-electron chi connectivity index (χ1n) is 11.2. The number of fused-ring (bicyclic) bond motifs is 1. The average molecular weight is 411 g/mol. The summed E-state index contributed by atoms with van der Waals surface area (Å²) < 4.78 is 18.7. The van der Waals surface area contributed by atoms with Crippen LogP contribution in [0.4, 0.5) is 0 Å². The standard InChI is InChI=1S/C23H42O4Si/c1-8-10-11-12-17(24)13-14-18-19-15-22(25-9-2)26-20(19)16-21(18)27-28(6,7)23(3,4)5/h13-14,18-22H,8-12,15-16H2,1-7H3/b14-13+/t18-,19+,20-,21+,22?/m0/s1. The maximum absolute atomic E-state index is 12.3. The van der Waals surface area contributed by atoms with Crippen LogP contribution < -0.4 is 0 Å². The number of carbonyl (C=O) groups excluding carboxylic acids is 1. The highest BCUT2D eigenvalue weighted by molar-refractivity contribution is 6.74. The van der Waals surface area contributed by atoms with Crippen molar-refractivity contribution in [3.8, 4) is 0 Å². The molecule has 2 rings (SSSR count). The van der Waals surface area contributed by atoms with E-state index in [1.807, 2.05) is 13.0 Å². The largest absolute Gasteiger partial charge is 0.413 e. The monoisotopic (exact) mass is 410 g/mol. The van der Waals surface area contributed by atoms with Gasteiger partial charge in [0.2, 0.25) is 0 Å². The second-order valence-electron chi connectivity index (χ2n) is 9.97. The molecule has 0 aromatic heterocycles. The second-order valence-corrected chi connectivity index (χ2v) is 14.7. The van der Waals surface area contributed by atoms with Crippen molar-refractivity contribution in [1.29, 1.82) is 0 Å². The van der Waals surface area contributed by atoms with Crippen LogP contribution in [0.5, 0.6) is 0 Å². The van der Waals surface area contributed by atoms with E-state index in [0.29, 0.717) is 18.9 Å². The Morgan fingerprint density at radius 1 is 1.18 bits per heavy atom. The molecule has 0 aromatic carbocycles. The van der Waals surface area contributed by atoms with E-state index >= 15 is 0 Å². The first-order valence-corrected chi connectivity index (χ1v) is 14.2. The third kappa shape index (κ3) is 6.01. The Hall–Kier alpha value is -0.493. The zero-order chi connectivity index (χ0) is 20.9. The summed E-state index contributed by atoms with van der Waals surface area (Å²) in [7, 11) is -1.88. The number of hydrogen-bond acceptors (Lipinski definition) is 4. The summed E-state index contributed by atoms with van der Waals surface area (Å²) in [5.41, 5.74) is 0. The number of carbonyl (C=O) groups is 1. The highest BCUT2D eigenvalue weighted by Crippen LogP contribution is 2.48. The van der Waals surface area contributed by atoms with Gasteiger partial charge in [-0.2, -0.15) is 0 Å². The Labute approximate surface area is 173 Å². The van der Waals surface area contributed by atoms with Crippen molar-refractivity contribution in [2.45, 2.75) is 110 Å². The Bertz CT molecular complexity index is 537. The van der Waals surface area contributed by atoms with E-state index in [2.05, 4.69) is 46.9 Å². The van der Waals surface area contributed by atoms with E-state index in [-0.39, 0.29) is 35.2 Å². The van der Waals surface area contributed by atoms with Crippen LogP contribution in [0.25, 0.3) is 0 Å². The molecule has 0 bridgehead atoms. The third-order valence-electron chi connectivity index (χ3n) is 6.79. The molecule has 2 fully saturated rings. The van der Waals surface area contributed by atoms with Gasteiger partial charge in [0.1, 0.15) is 0 Å². The zero-order valence-electron chi connectivity index (χ0n) is 19.1. The van der Waals surface area contributed by atoms with Gasteiger partial charge in [0.15, 0.2) is 20.4 Å². The minimum absolute atomic E-state index is 0.107. The summed E-state index contributed by atoms with van der Waals surface area (Å²) in [4.78, 5) is 12.3. The lowest BCUT2D eigenvalue weighted by molar-refractivity contribution is -0.133. The minimum atomic E-state index is -1.88. The molecule has 0 aromatic rings. The molecule has 1 saturated heterocycles.